The Kier molecular flexibility index (Phi) is 8.15. The molecule has 122 valence electrons. The first-order valence-corrected chi connectivity index (χ1v) is 8.39. The fraction of sp³-hybridized carbons (Fsp3) is 1.00. The number of hydrogen-bond acceptors (Lipinski definition) is 9. The lowest BCUT2D eigenvalue weighted by atomic mass is 10.1. The minimum Gasteiger partial charge on any atom is -0.387 e. The summed E-state index contributed by atoms with van der Waals surface area (Å²) in [5, 5.41) is 19.3. The van der Waals surface area contributed by atoms with E-state index in [9.17, 15) is 14.8 Å². The molecule has 0 aromatic rings. The second-order valence-corrected chi connectivity index (χ2v) is 6.17. The van der Waals surface area contributed by atoms with Gasteiger partial charge < -0.3 is 24.7 Å². The van der Waals surface area contributed by atoms with E-state index >= 15 is 0 Å². The van der Waals surface area contributed by atoms with Crippen molar-refractivity contribution in [2.75, 3.05) is 7.11 Å². The van der Waals surface area contributed by atoms with E-state index < -0.39 is 40.6 Å². The van der Waals surface area contributed by atoms with Crippen LogP contribution in [-0.4, -0.2) is 66.4 Å². The highest BCUT2D eigenvalue weighted by molar-refractivity contribution is 7.53. The van der Waals surface area contributed by atoms with Crippen molar-refractivity contribution in [1.29, 1.82) is 0 Å². The molecule has 20 heavy (non-hydrogen) atoms. The molecule has 0 aliphatic heterocycles. The Balaban J connectivity index is 5.08. The van der Waals surface area contributed by atoms with Gasteiger partial charge in [0.05, 0.1) is 6.10 Å². The van der Waals surface area contributed by atoms with Crippen LogP contribution in [0.5, 0.6) is 0 Å². The zero-order valence-electron chi connectivity index (χ0n) is 10.7. The minimum absolute atomic E-state index is 0.115. The normalized spacial score (nSPS) is 19.4. The summed E-state index contributed by atoms with van der Waals surface area (Å²) in [5.74, 6) is 0. The van der Waals surface area contributed by atoms with Gasteiger partial charge in [0.25, 0.3) is 0 Å². The largest absolute Gasteiger partial charge is 0.567 e. The highest BCUT2D eigenvalue weighted by atomic mass is 31.2. The maximum Gasteiger partial charge on any atom is 0.567 e. The van der Waals surface area contributed by atoms with Crippen LogP contribution in [0, 0.1) is 0 Å². The highest BCUT2D eigenvalue weighted by Gasteiger charge is 2.47. The number of phosphoric ester groups is 1. The summed E-state index contributed by atoms with van der Waals surface area (Å²) in [4.78, 5) is 43.7. The molecule has 0 aromatic carbocycles. The average Bonchev–Trinajstić information content (AvgIpc) is 2.29. The van der Waals surface area contributed by atoms with Gasteiger partial charge >= 0.3 is 16.0 Å². The molecule has 0 spiro atoms. The fourth-order valence-corrected chi connectivity index (χ4v) is 2.53. The van der Waals surface area contributed by atoms with E-state index in [1.54, 1.807) is 0 Å². The first-order valence-electron chi connectivity index (χ1n) is 5.29. The molecule has 11 nitrogen and oxygen atoms in total. The lowest BCUT2D eigenvalue weighted by molar-refractivity contribution is -0.187. The predicted octanol–water partition coefficient (Wildman–Crippen LogP) is -1.76. The molecule has 0 bridgehead atoms. The van der Waals surface area contributed by atoms with Gasteiger partial charge in [0.15, 0.2) is 12.4 Å². The molecule has 0 aromatic heterocycles. The van der Waals surface area contributed by atoms with Crippen molar-refractivity contribution in [2.45, 2.75) is 37.9 Å². The second-order valence-electron chi connectivity index (χ2n) is 3.74. The van der Waals surface area contributed by atoms with Crippen LogP contribution in [0.4, 0.5) is 0 Å². The van der Waals surface area contributed by atoms with E-state index in [-0.39, 0.29) is 6.42 Å². The number of methoxy groups -OCH3 is 1. The molecule has 4 atom stereocenters. The summed E-state index contributed by atoms with van der Waals surface area (Å²) in [7, 11) is -8.79. The van der Waals surface area contributed by atoms with Crippen molar-refractivity contribution in [3.05, 3.63) is 0 Å². The summed E-state index contributed by atoms with van der Waals surface area (Å²) in [6.07, 6.45) is -7.38. The van der Waals surface area contributed by atoms with Gasteiger partial charge in [-0.2, -0.15) is 14.7 Å². The standard InChI is InChI=1S/C7H18O11P2/c1-3-4(17-19(10,11)12)5(8)6(7(9)16-2)18-20(13,14)15/h4-9,13-15H,3H2,1-2H3,(H-,10,11,12)/p+1/t4-,5?,6?,7-/m1/s1. The SMILES string of the molecule is CC[C@@H](OP(=O)(O)O)C(O)C(O[P+](O)(O)O)[C@H](O)OC. The molecule has 0 saturated heterocycles. The molecule has 13 heteroatoms. The van der Waals surface area contributed by atoms with E-state index in [1.807, 2.05) is 0 Å². The van der Waals surface area contributed by atoms with E-state index in [4.69, 9.17) is 24.5 Å². The molecule has 0 radical (unpaired) electrons. The van der Waals surface area contributed by atoms with Gasteiger partial charge in [-0.15, -0.1) is 4.52 Å². The third-order valence-corrected chi connectivity index (χ3v) is 3.25. The number of aliphatic hydroxyl groups is 2. The van der Waals surface area contributed by atoms with Crippen LogP contribution >= 0.6 is 16.0 Å². The molecule has 0 aliphatic rings. The van der Waals surface area contributed by atoms with E-state index in [0.29, 0.717) is 0 Å². The molecule has 0 fully saturated rings. The van der Waals surface area contributed by atoms with Crippen LogP contribution in [0.2, 0.25) is 0 Å². The lowest BCUT2D eigenvalue weighted by Crippen LogP contribution is -2.47. The number of aliphatic hydroxyl groups excluding tert-OH is 2. The molecule has 0 saturated carbocycles. The molecular weight excluding hydrogens is 322 g/mol. The zero-order chi connectivity index (χ0) is 16.1. The molecule has 7 N–H and O–H groups in total. The second kappa shape index (κ2) is 8.04. The maximum atomic E-state index is 10.7. The highest BCUT2D eigenvalue weighted by Crippen LogP contribution is 2.49. The van der Waals surface area contributed by atoms with Gasteiger partial charge in [-0.05, 0) is 6.42 Å². The molecule has 0 amide bonds. The third-order valence-electron chi connectivity index (χ3n) is 2.18. The minimum atomic E-state index is -4.94. The van der Waals surface area contributed by atoms with E-state index in [0.717, 1.165) is 7.11 Å². The molecular formula is C7H19O11P2+. The van der Waals surface area contributed by atoms with Gasteiger partial charge in [-0.3, -0.25) is 4.52 Å². The Labute approximate surface area is 115 Å². The van der Waals surface area contributed by atoms with Crippen molar-refractivity contribution in [1.82, 2.24) is 0 Å². The average molecular weight is 341 g/mol. The van der Waals surface area contributed by atoms with E-state index in [2.05, 4.69) is 13.8 Å². The summed E-state index contributed by atoms with van der Waals surface area (Å²) in [6.45, 7) is 1.40. The Morgan fingerprint density at radius 2 is 1.70 bits per heavy atom. The van der Waals surface area contributed by atoms with Gasteiger partial charge in [0, 0.05) is 7.11 Å². The summed E-state index contributed by atoms with van der Waals surface area (Å²) in [6, 6.07) is 0. The maximum absolute atomic E-state index is 10.7. The van der Waals surface area contributed by atoms with Crippen LogP contribution in [0.3, 0.4) is 0 Å². The van der Waals surface area contributed by atoms with Crippen molar-refractivity contribution in [3.8, 4) is 0 Å². The van der Waals surface area contributed by atoms with Crippen molar-refractivity contribution >= 4 is 16.0 Å². The Morgan fingerprint density at radius 1 is 1.20 bits per heavy atom. The van der Waals surface area contributed by atoms with Gasteiger partial charge in [-0.1, -0.05) is 6.92 Å². The monoisotopic (exact) mass is 341 g/mol. The van der Waals surface area contributed by atoms with Crippen molar-refractivity contribution in [3.63, 3.8) is 0 Å². The molecule has 0 heterocycles. The number of hydrogen-bond donors (Lipinski definition) is 7. The number of rotatable bonds is 9. The topological polar surface area (TPSA) is 186 Å². The third kappa shape index (κ3) is 7.89. The first-order chi connectivity index (χ1) is 8.91. The Morgan fingerprint density at radius 3 is 2.00 bits per heavy atom. The van der Waals surface area contributed by atoms with Gasteiger partial charge in [-0.25, -0.2) is 4.57 Å². The summed E-state index contributed by atoms with van der Waals surface area (Å²) in [5.41, 5.74) is 0. The number of ether oxygens (including phenoxy) is 1. The Bertz CT molecular complexity index is 325. The van der Waals surface area contributed by atoms with E-state index in [1.165, 1.54) is 6.92 Å². The summed E-state index contributed by atoms with van der Waals surface area (Å²) < 4.78 is 23.7. The summed E-state index contributed by atoms with van der Waals surface area (Å²) >= 11 is 0. The van der Waals surface area contributed by atoms with Crippen LogP contribution in [0.15, 0.2) is 0 Å². The zero-order valence-corrected chi connectivity index (χ0v) is 12.5. The predicted molar refractivity (Wildman–Crippen MR) is 64.7 cm³/mol. The van der Waals surface area contributed by atoms with Crippen molar-refractivity contribution in [2.24, 2.45) is 0 Å². The molecule has 0 aliphatic carbocycles. The van der Waals surface area contributed by atoms with Crippen LogP contribution in [-0.2, 0) is 18.3 Å². The number of phosphoric acid groups is 1. The first kappa shape index (κ1) is 20.3. The van der Waals surface area contributed by atoms with Crippen LogP contribution < -0.4 is 0 Å². The van der Waals surface area contributed by atoms with Crippen molar-refractivity contribution < 1.29 is 53.0 Å². The quantitative estimate of drug-likeness (QED) is 0.186. The van der Waals surface area contributed by atoms with Crippen LogP contribution in [0.1, 0.15) is 13.3 Å². The van der Waals surface area contributed by atoms with Crippen LogP contribution in [0.25, 0.3) is 0 Å². The lowest BCUT2D eigenvalue weighted by Gasteiger charge is -2.29. The fourth-order valence-electron chi connectivity index (χ4n) is 1.35. The molecule has 0 rings (SSSR count). The molecule has 2 unspecified atom stereocenters. The van der Waals surface area contributed by atoms with Gasteiger partial charge in [0.2, 0.25) is 0 Å². The Hall–Kier alpha value is 0.260. The smallest absolute Gasteiger partial charge is 0.387 e. The van der Waals surface area contributed by atoms with Gasteiger partial charge in [0.1, 0.15) is 6.10 Å².